The summed E-state index contributed by atoms with van der Waals surface area (Å²) in [5.74, 6) is -0.276. The fraction of sp³-hybridized carbons (Fsp3) is 0.462. The molecule has 0 fully saturated rings. The van der Waals surface area contributed by atoms with Gasteiger partial charge in [-0.1, -0.05) is 6.92 Å². The molecule has 7 heteroatoms. The molecule has 112 valence electrons. The van der Waals surface area contributed by atoms with E-state index in [9.17, 15) is 13.2 Å². The Kier molecular flexibility index (Phi) is 5.73. The number of carbonyl (C=O) groups is 1. The molecule has 20 heavy (non-hydrogen) atoms. The van der Waals surface area contributed by atoms with E-state index in [1.54, 1.807) is 12.1 Å². The lowest BCUT2D eigenvalue weighted by atomic mass is 10.2. The van der Waals surface area contributed by atoms with Gasteiger partial charge in [-0.15, -0.1) is 0 Å². The van der Waals surface area contributed by atoms with Gasteiger partial charge in [0.1, 0.15) is 0 Å². The molecule has 1 rings (SSSR count). The average Bonchev–Trinajstić information content (AvgIpc) is 2.38. The van der Waals surface area contributed by atoms with Crippen LogP contribution >= 0.6 is 15.9 Å². The minimum Gasteiger partial charge on any atom is -0.350 e. The number of sulfonamides is 1. The molecule has 1 atom stereocenters. The zero-order chi connectivity index (χ0) is 15.5. The summed E-state index contributed by atoms with van der Waals surface area (Å²) in [6, 6.07) is 4.59. The van der Waals surface area contributed by atoms with Gasteiger partial charge >= 0.3 is 0 Å². The molecule has 0 aliphatic carbocycles. The highest BCUT2D eigenvalue weighted by atomic mass is 79.9. The molecule has 1 aromatic rings. The van der Waals surface area contributed by atoms with Crippen LogP contribution in [-0.4, -0.2) is 38.8 Å². The summed E-state index contributed by atoms with van der Waals surface area (Å²) in [6.45, 7) is 3.86. The third kappa shape index (κ3) is 3.80. The Hall–Kier alpha value is -0.920. The number of nitrogens with zero attached hydrogens (tertiary/aromatic N) is 1. The minimum absolute atomic E-state index is 0.0417. The third-order valence-electron chi connectivity index (χ3n) is 2.94. The van der Waals surface area contributed by atoms with Gasteiger partial charge in [-0.2, -0.15) is 0 Å². The first kappa shape index (κ1) is 17.1. The van der Waals surface area contributed by atoms with Crippen LogP contribution in [0.25, 0.3) is 0 Å². The highest BCUT2D eigenvalue weighted by Crippen LogP contribution is 2.25. The molecule has 0 radical (unpaired) electrons. The van der Waals surface area contributed by atoms with Crippen LogP contribution in [0.15, 0.2) is 27.6 Å². The number of nitrogens with one attached hydrogen (secondary N) is 1. The first-order chi connectivity index (χ1) is 9.20. The summed E-state index contributed by atoms with van der Waals surface area (Å²) >= 11 is 3.21. The standard InChI is InChI=1S/C13H19BrN2O3S/c1-5-9(2)15-13(17)10-6-7-11(14)12(8-10)20(18,19)16(3)4/h6-9H,5H2,1-4H3,(H,15,17). The molecule has 0 saturated heterocycles. The average molecular weight is 363 g/mol. The number of amides is 1. The van der Waals surface area contributed by atoms with Crippen LogP contribution in [0.3, 0.4) is 0 Å². The van der Waals surface area contributed by atoms with Gasteiger partial charge in [-0.25, -0.2) is 12.7 Å². The van der Waals surface area contributed by atoms with Crippen molar-refractivity contribution in [3.8, 4) is 0 Å². The van der Waals surface area contributed by atoms with Gasteiger partial charge in [0.25, 0.3) is 5.91 Å². The molecule has 0 heterocycles. The number of carbonyl (C=O) groups excluding carboxylic acids is 1. The van der Waals surface area contributed by atoms with Crippen LogP contribution in [0.1, 0.15) is 30.6 Å². The Balaban J connectivity index is 3.19. The largest absolute Gasteiger partial charge is 0.350 e. The predicted octanol–water partition coefficient (Wildman–Crippen LogP) is 2.23. The molecule has 0 bridgehead atoms. The lowest BCUT2D eigenvalue weighted by Crippen LogP contribution is -2.32. The maximum atomic E-state index is 12.2. The highest BCUT2D eigenvalue weighted by Gasteiger charge is 2.22. The number of hydrogen-bond donors (Lipinski definition) is 1. The molecule has 0 aromatic heterocycles. The normalized spacial score (nSPS) is 13.3. The summed E-state index contributed by atoms with van der Waals surface area (Å²) in [4.78, 5) is 12.1. The predicted molar refractivity (Wildman–Crippen MR) is 82.2 cm³/mol. The van der Waals surface area contributed by atoms with Crippen molar-refractivity contribution < 1.29 is 13.2 Å². The lowest BCUT2D eigenvalue weighted by molar-refractivity contribution is 0.0939. The van der Waals surface area contributed by atoms with Crippen molar-refractivity contribution in [1.29, 1.82) is 0 Å². The summed E-state index contributed by atoms with van der Waals surface area (Å²) in [7, 11) is -0.687. The Morgan fingerprint density at radius 2 is 2.00 bits per heavy atom. The zero-order valence-electron chi connectivity index (χ0n) is 12.0. The zero-order valence-corrected chi connectivity index (χ0v) is 14.4. The lowest BCUT2D eigenvalue weighted by Gasteiger charge is -2.15. The molecule has 1 amide bonds. The maximum Gasteiger partial charge on any atom is 0.251 e. The Bertz CT molecular complexity index is 600. The quantitative estimate of drug-likeness (QED) is 0.873. The molecule has 5 nitrogen and oxygen atoms in total. The number of rotatable bonds is 5. The van der Waals surface area contributed by atoms with Crippen molar-refractivity contribution in [2.24, 2.45) is 0 Å². The van der Waals surface area contributed by atoms with E-state index in [4.69, 9.17) is 0 Å². The molecule has 1 N–H and O–H groups in total. The van der Waals surface area contributed by atoms with Crippen molar-refractivity contribution in [3.05, 3.63) is 28.2 Å². The van der Waals surface area contributed by atoms with E-state index >= 15 is 0 Å². The second-order valence-corrected chi connectivity index (χ2v) is 7.69. The molecular formula is C13H19BrN2O3S. The van der Waals surface area contributed by atoms with Gasteiger partial charge < -0.3 is 5.32 Å². The number of hydrogen-bond acceptors (Lipinski definition) is 3. The summed E-state index contributed by atoms with van der Waals surface area (Å²) in [6.07, 6.45) is 0.811. The maximum absolute atomic E-state index is 12.2. The van der Waals surface area contributed by atoms with Crippen LogP contribution < -0.4 is 5.32 Å². The number of halogens is 1. The van der Waals surface area contributed by atoms with Crippen molar-refractivity contribution in [3.63, 3.8) is 0 Å². The van der Waals surface area contributed by atoms with E-state index < -0.39 is 10.0 Å². The molecule has 0 aliphatic heterocycles. The van der Waals surface area contributed by atoms with Crippen LogP contribution in [0.4, 0.5) is 0 Å². The fourth-order valence-corrected chi connectivity index (χ4v) is 3.29. The van der Waals surface area contributed by atoms with E-state index in [0.717, 1.165) is 10.7 Å². The molecule has 0 aliphatic rings. The van der Waals surface area contributed by atoms with Crippen LogP contribution in [0, 0.1) is 0 Å². The first-order valence-electron chi connectivity index (χ1n) is 6.23. The molecule has 0 spiro atoms. The van der Waals surface area contributed by atoms with Crippen molar-refractivity contribution in [2.45, 2.75) is 31.2 Å². The van der Waals surface area contributed by atoms with E-state index in [-0.39, 0.29) is 16.8 Å². The topological polar surface area (TPSA) is 66.5 Å². The Labute approximate surface area is 128 Å². The second-order valence-electron chi connectivity index (χ2n) is 4.72. The highest BCUT2D eigenvalue weighted by molar-refractivity contribution is 9.10. The summed E-state index contributed by atoms with van der Waals surface area (Å²) in [5, 5.41) is 2.81. The van der Waals surface area contributed by atoms with Gasteiger partial charge in [0.05, 0.1) is 4.90 Å². The van der Waals surface area contributed by atoms with E-state index in [1.807, 2.05) is 13.8 Å². The van der Waals surface area contributed by atoms with E-state index in [0.29, 0.717) is 10.0 Å². The molecule has 0 saturated carbocycles. The van der Waals surface area contributed by atoms with Crippen molar-refractivity contribution >= 4 is 31.9 Å². The smallest absolute Gasteiger partial charge is 0.251 e. The van der Waals surface area contributed by atoms with Gasteiger partial charge in [-0.3, -0.25) is 4.79 Å². The van der Waals surface area contributed by atoms with Gasteiger partial charge in [0.2, 0.25) is 10.0 Å². The van der Waals surface area contributed by atoms with Gasteiger partial charge in [0.15, 0.2) is 0 Å². The summed E-state index contributed by atoms with van der Waals surface area (Å²) in [5.41, 5.74) is 0.328. The summed E-state index contributed by atoms with van der Waals surface area (Å²) < 4.78 is 25.9. The van der Waals surface area contributed by atoms with E-state index in [1.165, 1.54) is 20.2 Å². The van der Waals surface area contributed by atoms with Crippen LogP contribution in [0.2, 0.25) is 0 Å². The fourth-order valence-electron chi connectivity index (χ4n) is 1.45. The van der Waals surface area contributed by atoms with Crippen molar-refractivity contribution in [1.82, 2.24) is 9.62 Å². The molecular weight excluding hydrogens is 344 g/mol. The Morgan fingerprint density at radius 3 is 2.50 bits per heavy atom. The monoisotopic (exact) mass is 362 g/mol. The molecule has 1 unspecified atom stereocenters. The van der Waals surface area contributed by atoms with Gasteiger partial charge in [-0.05, 0) is 47.5 Å². The SMILES string of the molecule is CCC(C)NC(=O)c1ccc(Br)c(S(=O)(=O)N(C)C)c1. The van der Waals surface area contributed by atoms with E-state index in [2.05, 4.69) is 21.2 Å². The molecule has 1 aromatic carbocycles. The van der Waals surface area contributed by atoms with Crippen molar-refractivity contribution in [2.75, 3.05) is 14.1 Å². The first-order valence-corrected chi connectivity index (χ1v) is 8.46. The Morgan fingerprint density at radius 1 is 1.40 bits per heavy atom. The van der Waals surface area contributed by atoms with Crippen LogP contribution in [0.5, 0.6) is 0 Å². The van der Waals surface area contributed by atoms with Gasteiger partial charge in [0, 0.05) is 30.2 Å². The minimum atomic E-state index is -3.59. The van der Waals surface area contributed by atoms with Crippen LogP contribution in [-0.2, 0) is 10.0 Å². The number of benzene rings is 1. The third-order valence-corrected chi connectivity index (χ3v) is 5.75. The second kappa shape index (κ2) is 6.69.